The Hall–Kier alpha value is 0.200. The lowest BCUT2D eigenvalue weighted by molar-refractivity contribution is -0.518. The third kappa shape index (κ3) is 2.61. The minimum absolute atomic E-state index is 0. The summed E-state index contributed by atoms with van der Waals surface area (Å²) in [6.07, 6.45) is 1.42. The van der Waals surface area contributed by atoms with Gasteiger partial charge in [-0.3, -0.25) is 0 Å². The van der Waals surface area contributed by atoms with E-state index in [1.54, 1.807) is 0 Å². The number of hydrogen-bond donors (Lipinski definition) is 0. The van der Waals surface area contributed by atoms with Gasteiger partial charge in [-0.25, -0.2) is 0 Å². The van der Waals surface area contributed by atoms with Gasteiger partial charge >= 0.3 is 5.90 Å². The largest absolute Gasteiger partial charge is 1.00 e. The molecule has 0 aromatic rings. The number of ether oxygens (including phenoxy) is 1. The molecule has 66 valence electrons. The summed E-state index contributed by atoms with van der Waals surface area (Å²) in [5.41, 5.74) is 0. The molecule has 2 nitrogen and oxygen atoms in total. The number of halogens is 1. The molecule has 0 aliphatic carbocycles. The van der Waals surface area contributed by atoms with E-state index in [1.165, 1.54) is 0 Å². The highest BCUT2D eigenvalue weighted by Crippen LogP contribution is 2.05. The topological polar surface area (TPSA) is 12.2 Å². The Labute approximate surface area is 85.7 Å². The van der Waals surface area contributed by atoms with Gasteiger partial charge in [0.05, 0.1) is 6.42 Å². The molecule has 0 fully saturated rings. The Kier molecular flexibility index (Phi) is 5.04. The maximum Gasteiger partial charge on any atom is 0.336 e. The van der Waals surface area contributed by atoms with Crippen LogP contribution in [0.1, 0.15) is 27.2 Å². The Morgan fingerprint density at radius 1 is 1.55 bits per heavy atom. The molecule has 0 amide bonds. The maximum absolute atomic E-state index is 5.56. The molecule has 1 unspecified atom stereocenters. The van der Waals surface area contributed by atoms with Crippen molar-refractivity contribution in [2.24, 2.45) is 0 Å². The fourth-order valence-corrected chi connectivity index (χ4v) is 1.37. The molecular weight excluding hydrogens is 253 g/mol. The number of likely N-dealkylation sites (N-methyl/N-ethyl adjacent to an activating group) is 1. The highest BCUT2D eigenvalue weighted by Gasteiger charge is 2.26. The van der Waals surface area contributed by atoms with Crippen molar-refractivity contribution in [2.75, 3.05) is 13.1 Å². The van der Waals surface area contributed by atoms with Gasteiger partial charge < -0.3 is 28.7 Å². The smallest absolute Gasteiger partial charge is 0.336 e. The van der Waals surface area contributed by atoms with Crippen LogP contribution in [0.3, 0.4) is 0 Å². The molecule has 1 rings (SSSR count). The number of hydrogen-bond acceptors (Lipinski definition) is 1. The molecule has 0 spiro atoms. The summed E-state index contributed by atoms with van der Waals surface area (Å²) in [4.78, 5) is 0. The van der Waals surface area contributed by atoms with E-state index in [-0.39, 0.29) is 24.0 Å². The lowest BCUT2D eigenvalue weighted by Crippen LogP contribution is -3.00. The van der Waals surface area contributed by atoms with Crippen molar-refractivity contribution in [3.63, 3.8) is 0 Å². The highest BCUT2D eigenvalue weighted by atomic mass is 127. The van der Waals surface area contributed by atoms with E-state index < -0.39 is 0 Å². The van der Waals surface area contributed by atoms with Crippen LogP contribution >= 0.6 is 0 Å². The second kappa shape index (κ2) is 4.95. The molecule has 0 N–H and O–H groups in total. The van der Waals surface area contributed by atoms with E-state index in [4.69, 9.17) is 4.74 Å². The fraction of sp³-hybridized carbons (Fsp3) is 0.875. The van der Waals surface area contributed by atoms with Crippen LogP contribution in [0.25, 0.3) is 0 Å². The van der Waals surface area contributed by atoms with E-state index in [2.05, 4.69) is 25.3 Å². The number of rotatable bonds is 2. The highest BCUT2D eigenvalue weighted by molar-refractivity contribution is 5.71. The summed E-state index contributed by atoms with van der Waals surface area (Å²) in [6.45, 7) is 8.56. The predicted octanol–water partition coefficient (Wildman–Crippen LogP) is -1.75. The second-order valence-electron chi connectivity index (χ2n) is 2.71. The third-order valence-corrected chi connectivity index (χ3v) is 1.85. The van der Waals surface area contributed by atoms with Crippen molar-refractivity contribution in [3.8, 4) is 0 Å². The van der Waals surface area contributed by atoms with Crippen LogP contribution in [0.5, 0.6) is 0 Å². The van der Waals surface area contributed by atoms with E-state index >= 15 is 0 Å². The van der Waals surface area contributed by atoms with Crippen LogP contribution in [0.4, 0.5) is 0 Å². The molecule has 3 heteroatoms. The van der Waals surface area contributed by atoms with Gasteiger partial charge in [-0.05, 0) is 13.8 Å². The summed E-state index contributed by atoms with van der Waals surface area (Å²) in [5.74, 6) is 1.16. The van der Waals surface area contributed by atoms with Gasteiger partial charge in [-0.15, -0.1) is 0 Å². The summed E-state index contributed by atoms with van der Waals surface area (Å²) in [7, 11) is 0. The Bertz CT molecular complexity index is 140. The van der Waals surface area contributed by atoms with Crippen LogP contribution in [0, 0.1) is 0 Å². The molecular formula is C8H16INO. The van der Waals surface area contributed by atoms with Crippen molar-refractivity contribution in [1.29, 1.82) is 0 Å². The molecule has 0 saturated carbocycles. The summed E-state index contributed by atoms with van der Waals surface area (Å²) < 4.78 is 7.85. The molecule has 1 aliphatic rings. The summed E-state index contributed by atoms with van der Waals surface area (Å²) >= 11 is 0. The second-order valence-corrected chi connectivity index (χ2v) is 2.71. The first-order valence-corrected chi connectivity index (χ1v) is 4.05. The third-order valence-electron chi connectivity index (χ3n) is 1.85. The maximum atomic E-state index is 5.56. The van der Waals surface area contributed by atoms with Gasteiger partial charge in [0, 0.05) is 0 Å². The van der Waals surface area contributed by atoms with Crippen molar-refractivity contribution in [2.45, 2.75) is 33.3 Å². The average molecular weight is 269 g/mol. The SMILES string of the molecule is CCC1=[N+](CC)CC(C)O1.[I-]. The van der Waals surface area contributed by atoms with E-state index in [1.807, 2.05) is 0 Å². The molecule has 0 aromatic heterocycles. The average Bonchev–Trinajstić information content (AvgIpc) is 2.30. The summed E-state index contributed by atoms with van der Waals surface area (Å²) in [6, 6.07) is 0. The van der Waals surface area contributed by atoms with Crippen LogP contribution in [-0.2, 0) is 4.74 Å². The van der Waals surface area contributed by atoms with Crippen molar-refractivity contribution in [3.05, 3.63) is 0 Å². The van der Waals surface area contributed by atoms with Gasteiger partial charge in [-0.1, -0.05) is 6.92 Å². The molecule has 11 heavy (non-hydrogen) atoms. The predicted molar refractivity (Wildman–Crippen MR) is 41.5 cm³/mol. The van der Waals surface area contributed by atoms with Crippen LogP contribution < -0.4 is 24.0 Å². The van der Waals surface area contributed by atoms with Crippen LogP contribution in [0.2, 0.25) is 0 Å². The monoisotopic (exact) mass is 269 g/mol. The van der Waals surface area contributed by atoms with E-state index in [0.29, 0.717) is 6.10 Å². The van der Waals surface area contributed by atoms with Gasteiger partial charge in [-0.2, -0.15) is 4.58 Å². The van der Waals surface area contributed by atoms with Crippen molar-refractivity contribution in [1.82, 2.24) is 0 Å². The molecule has 0 bridgehead atoms. The zero-order valence-electron chi connectivity index (χ0n) is 7.43. The first kappa shape index (κ1) is 11.2. The molecule has 1 aliphatic heterocycles. The Morgan fingerprint density at radius 3 is 2.55 bits per heavy atom. The van der Waals surface area contributed by atoms with Gasteiger partial charge in [0.1, 0.15) is 6.54 Å². The zero-order valence-corrected chi connectivity index (χ0v) is 9.59. The minimum atomic E-state index is 0. The van der Waals surface area contributed by atoms with Crippen LogP contribution in [0.15, 0.2) is 0 Å². The summed E-state index contributed by atoms with van der Waals surface area (Å²) in [5, 5.41) is 0. The van der Waals surface area contributed by atoms with Gasteiger partial charge in [0.15, 0.2) is 12.6 Å². The van der Waals surface area contributed by atoms with E-state index in [9.17, 15) is 0 Å². The molecule has 0 radical (unpaired) electrons. The number of nitrogens with zero attached hydrogens (tertiary/aromatic N) is 1. The molecule has 0 aromatic carbocycles. The lowest BCUT2D eigenvalue weighted by atomic mass is 10.4. The van der Waals surface area contributed by atoms with Crippen molar-refractivity contribution >= 4 is 5.90 Å². The Morgan fingerprint density at radius 2 is 2.18 bits per heavy atom. The van der Waals surface area contributed by atoms with Crippen LogP contribution in [-0.4, -0.2) is 29.7 Å². The van der Waals surface area contributed by atoms with Crippen molar-refractivity contribution < 1.29 is 33.3 Å². The quantitative estimate of drug-likeness (QED) is 0.428. The normalized spacial score (nSPS) is 23.0. The minimum Gasteiger partial charge on any atom is -1.00 e. The molecule has 1 heterocycles. The van der Waals surface area contributed by atoms with Gasteiger partial charge in [0.2, 0.25) is 0 Å². The Balaban J connectivity index is 0.000001000. The fourth-order valence-electron chi connectivity index (χ4n) is 1.37. The zero-order chi connectivity index (χ0) is 7.56. The van der Waals surface area contributed by atoms with E-state index in [0.717, 1.165) is 25.4 Å². The first-order valence-electron chi connectivity index (χ1n) is 4.05. The van der Waals surface area contributed by atoms with Gasteiger partial charge in [0.25, 0.3) is 0 Å². The first-order chi connectivity index (χ1) is 4.77. The standard InChI is InChI=1S/C8H16NO.HI/c1-4-8-9(5-2)6-7(3)10-8;/h7H,4-6H2,1-3H3;1H/q+1;/p-1. The lowest BCUT2D eigenvalue weighted by Gasteiger charge is -1.95. The molecule has 0 saturated heterocycles. The molecule has 1 atom stereocenters.